The highest BCUT2D eigenvalue weighted by Gasteiger charge is 2.08. The summed E-state index contributed by atoms with van der Waals surface area (Å²) >= 11 is 4.49. The van der Waals surface area contributed by atoms with Crippen molar-refractivity contribution in [2.24, 2.45) is 0 Å². The van der Waals surface area contributed by atoms with E-state index >= 15 is 0 Å². The summed E-state index contributed by atoms with van der Waals surface area (Å²) in [6.07, 6.45) is 0. The SMILES string of the molecule is Cc1ncsc1C(=O)CBr. The van der Waals surface area contributed by atoms with E-state index in [1.54, 1.807) is 5.51 Å². The summed E-state index contributed by atoms with van der Waals surface area (Å²) in [7, 11) is 0. The minimum Gasteiger partial charge on any atom is -0.292 e. The maximum absolute atomic E-state index is 11.0. The number of hydrogen-bond acceptors (Lipinski definition) is 3. The molecule has 0 spiro atoms. The molecule has 0 N–H and O–H groups in total. The van der Waals surface area contributed by atoms with Crippen molar-refractivity contribution in [3.63, 3.8) is 0 Å². The first-order chi connectivity index (χ1) is 4.75. The molecule has 1 aromatic rings. The highest BCUT2D eigenvalue weighted by Crippen LogP contribution is 2.13. The molecule has 1 heterocycles. The summed E-state index contributed by atoms with van der Waals surface area (Å²) in [5.41, 5.74) is 2.51. The van der Waals surface area contributed by atoms with Gasteiger partial charge in [0.05, 0.1) is 21.4 Å². The standard InChI is InChI=1S/C6H6BrNOS/c1-4-6(5(9)2-7)10-3-8-4/h3H,2H2,1H3. The van der Waals surface area contributed by atoms with Gasteiger partial charge in [-0.15, -0.1) is 11.3 Å². The number of nitrogens with zero attached hydrogens (tertiary/aromatic N) is 1. The van der Waals surface area contributed by atoms with Crippen molar-refractivity contribution in [2.75, 3.05) is 5.33 Å². The Kier molecular flexibility index (Phi) is 2.56. The van der Waals surface area contributed by atoms with E-state index in [1.165, 1.54) is 11.3 Å². The van der Waals surface area contributed by atoms with Gasteiger partial charge in [-0.3, -0.25) is 4.79 Å². The van der Waals surface area contributed by atoms with Crippen molar-refractivity contribution in [1.82, 2.24) is 4.98 Å². The van der Waals surface area contributed by atoms with Crippen LogP contribution in [0.4, 0.5) is 0 Å². The monoisotopic (exact) mass is 219 g/mol. The van der Waals surface area contributed by atoms with Gasteiger partial charge >= 0.3 is 0 Å². The third-order valence-electron chi connectivity index (χ3n) is 1.12. The van der Waals surface area contributed by atoms with Crippen molar-refractivity contribution in [3.8, 4) is 0 Å². The fourth-order valence-corrected chi connectivity index (χ4v) is 1.84. The molecular formula is C6H6BrNOS. The molecule has 0 atom stereocenters. The van der Waals surface area contributed by atoms with Crippen LogP contribution in [0, 0.1) is 6.92 Å². The molecule has 0 amide bonds. The molecule has 2 nitrogen and oxygen atoms in total. The quantitative estimate of drug-likeness (QED) is 0.563. The maximum Gasteiger partial charge on any atom is 0.185 e. The molecule has 0 fully saturated rings. The van der Waals surface area contributed by atoms with Gasteiger partial charge in [-0.1, -0.05) is 15.9 Å². The van der Waals surface area contributed by atoms with Gasteiger partial charge in [0.15, 0.2) is 5.78 Å². The average molecular weight is 220 g/mol. The summed E-state index contributed by atoms with van der Waals surface area (Å²) in [4.78, 5) is 15.7. The van der Waals surface area contributed by atoms with Crippen LogP contribution in [-0.2, 0) is 0 Å². The van der Waals surface area contributed by atoms with Crippen molar-refractivity contribution in [3.05, 3.63) is 16.1 Å². The number of thiazole rings is 1. The third kappa shape index (κ3) is 1.44. The Morgan fingerprint density at radius 3 is 3.00 bits per heavy atom. The number of rotatable bonds is 2. The second-order valence-electron chi connectivity index (χ2n) is 1.82. The lowest BCUT2D eigenvalue weighted by atomic mass is 10.3. The number of carbonyl (C=O) groups excluding carboxylic acids is 1. The number of alkyl halides is 1. The van der Waals surface area contributed by atoms with Crippen LogP contribution in [0.25, 0.3) is 0 Å². The molecule has 1 aromatic heterocycles. The van der Waals surface area contributed by atoms with Crippen LogP contribution in [0.2, 0.25) is 0 Å². The van der Waals surface area contributed by atoms with Crippen molar-refractivity contribution in [1.29, 1.82) is 0 Å². The summed E-state index contributed by atoms with van der Waals surface area (Å²) in [5, 5.41) is 0.385. The van der Waals surface area contributed by atoms with Crippen molar-refractivity contribution < 1.29 is 4.79 Å². The normalized spacial score (nSPS) is 9.80. The maximum atomic E-state index is 11.0. The number of Topliss-reactive ketones (excluding diaryl/α,β-unsaturated/α-hetero) is 1. The molecule has 0 aromatic carbocycles. The predicted molar refractivity (Wildman–Crippen MR) is 45.0 cm³/mol. The van der Waals surface area contributed by atoms with Gasteiger partial charge in [0.2, 0.25) is 0 Å². The lowest BCUT2D eigenvalue weighted by molar-refractivity contribution is 0.102. The van der Waals surface area contributed by atoms with Crippen LogP contribution in [0.3, 0.4) is 0 Å². The Morgan fingerprint density at radius 2 is 2.60 bits per heavy atom. The second kappa shape index (κ2) is 3.25. The van der Waals surface area contributed by atoms with Crippen molar-refractivity contribution in [2.45, 2.75) is 6.92 Å². The largest absolute Gasteiger partial charge is 0.292 e. The molecule has 10 heavy (non-hydrogen) atoms. The minimum atomic E-state index is 0.111. The van der Waals surface area contributed by atoms with E-state index in [2.05, 4.69) is 20.9 Å². The summed E-state index contributed by atoms with van der Waals surface area (Å²) in [6, 6.07) is 0. The minimum absolute atomic E-state index is 0.111. The van der Waals surface area contributed by atoms with E-state index in [1.807, 2.05) is 6.92 Å². The van der Waals surface area contributed by atoms with Gasteiger partial charge < -0.3 is 0 Å². The molecule has 54 valence electrons. The Morgan fingerprint density at radius 1 is 1.90 bits per heavy atom. The van der Waals surface area contributed by atoms with E-state index in [0.717, 1.165) is 10.6 Å². The van der Waals surface area contributed by atoms with Crippen LogP contribution in [0.15, 0.2) is 5.51 Å². The number of aryl methyl sites for hydroxylation is 1. The van der Waals surface area contributed by atoms with Gasteiger partial charge in [-0.25, -0.2) is 4.98 Å². The first-order valence-corrected chi connectivity index (χ1v) is 4.75. The molecule has 0 bridgehead atoms. The van der Waals surface area contributed by atoms with Crippen LogP contribution in [0.5, 0.6) is 0 Å². The Balaban J connectivity index is 2.93. The van der Waals surface area contributed by atoms with E-state index in [0.29, 0.717) is 5.33 Å². The zero-order valence-electron chi connectivity index (χ0n) is 5.43. The molecule has 4 heteroatoms. The first kappa shape index (κ1) is 7.88. The lowest BCUT2D eigenvalue weighted by Crippen LogP contribution is -1.98. The molecule has 0 aliphatic rings. The van der Waals surface area contributed by atoms with Gasteiger partial charge in [0.1, 0.15) is 0 Å². The van der Waals surface area contributed by atoms with Gasteiger partial charge in [0.25, 0.3) is 0 Å². The van der Waals surface area contributed by atoms with Gasteiger partial charge in [-0.05, 0) is 6.92 Å². The number of hydrogen-bond donors (Lipinski definition) is 0. The van der Waals surface area contributed by atoms with Crippen LogP contribution in [-0.4, -0.2) is 16.1 Å². The molecule has 0 saturated carbocycles. The number of halogens is 1. The third-order valence-corrected chi connectivity index (χ3v) is 2.60. The van der Waals surface area contributed by atoms with E-state index in [-0.39, 0.29) is 5.78 Å². The zero-order valence-corrected chi connectivity index (χ0v) is 7.83. The topological polar surface area (TPSA) is 30.0 Å². The van der Waals surface area contributed by atoms with Crippen LogP contribution in [0.1, 0.15) is 15.4 Å². The lowest BCUT2D eigenvalue weighted by Gasteiger charge is -1.89. The number of carbonyl (C=O) groups is 1. The first-order valence-electron chi connectivity index (χ1n) is 2.75. The Labute approximate surface area is 71.4 Å². The predicted octanol–water partition coefficient (Wildman–Crippen LogP) is 2.03. The molecular weight excluding hydrogens is 214 g/mol. The average Bonchev–Trinajstić information content (AvgIpc) is 2.34. The fourth-order valence-electron chi connectivity index (χ4n) is 0.630. The van der Waals surface area contributed by atoms with Gasteiger partial charge in [-0.2, -0.15) is 0 Å². The zero-order chi connectivity index (χ0) is 7.56. The fraction of sp³-hybridized carbons (Fsp3) is 0.333. The summed E-state index contributed by atoms with van der Waals surface area (Å²) < 4.78 is 0. The number of ketones is 1. The van der Waals surface area contributed by atoms with Crippen LogP contribution >= 0.6 is 27.3 Å². The molecule has 0 saturated heterocycles. The molecule has 0 unspecified atom stereocenters. The number of aromatic nitrogens is 1. The molecule has 0 aliphatic heterocycles. The summed E-state index contributed by atoms with van der Waals surface area (Å²) in [6.45, 7) is 1.84. The van der Waals surface area contributed by atoms with Gasteiger partial charge in [0, 0.05) is 0 Å². The molecule has 0 aliphatic carbocycles. The second-order valence-corrected chi connectivity index (χ2v) is 3.24. The van der Waals surface area contributed by atoms with Crippen LogP contribution < -0.4 is 0 Å². The molecule has 0 radical (unpaired) electrons. The Bertz CT molecular complexity index is 246. The van der Waals surface area contributed by atoms with E-state index in [4.69, 9.17) is 0 Å². The van der Waals surface area contributed by atoms with E-state index < -0.39 is 0 Å². The molecule has 1 rings (SSSR count). The summed E-state index contributed by atoms with van der Waals surface area (Å²) in [5.74, 6) is 0.111. The smallest absolute Gasteiger partial charge is 0.185 e. The van der Waals surface area contributed by atoms with E-state index in [9.17, 15) is 4.79 Å². The van der Waals surface area contributed by atoms with Crippen molar-refractivity contribution >= 4 is 33.0 Å². The highest BCUT2D eigenvalue weighted by molar-refractivity contribution is 9.09. The Hall–Kier alpha value is -0.220. The highest BCUT2D eigenvalue weighted by atomic mass is 79.9.